The first-order valence-electron chi connectivity index (χ1n) is 6.18. The Labute approximate surface area is 119 Å². The third kappa shape index (κ3) is 3.59. The van der Waals surface area contributed by atoms with Crippen LogP contribution in [-0.4, -0.2) is 25.6 Å². The van der Waals surface area contributed by atoms with Crippen LogP contribution in [0.15, 0.2) is 33.5 Å². The van der Waals surface area contributed by atoms with Crippen molar-refractivity contribution in [2.75, 3.05) is 13.7 Å². The molecule has 1 aromatic carbocycles. The molecule has 0 saturated carbocycles. The van der Waals surface area contributed by atoms with Gasteiger partial charge >= 0.3 is 11.7 Å². The van der Waals surface area contributed by atoms with E-state index in [2.05, 4.69) is 10.6 Å². The average molecular weight is 290 g/mol. The lowest BCUT2D eigenvalue weighted by molar-refractivity contribution is -0.122. The van der Waals surface area contributed by atoms with Gasteiger partial charge in [0.15, 0.2) is 6.61 Å². The van der Waals surface area contributed by atoms with Gasteiger partial charge in [0.25, 0.3) is 5.91 Å². The van der Waals surface area contributed by atoms with Gasteiger partial charge in [0, 0.05) is 24.6 Å². The average Bonchev–Trinajstić information content (AvgIpc) is 2.44. The Hall–Kier alpha value is -2.83. The van der Waals surface area contributed by atoms with E-state index in [4.69, 9.17) is 9.15 Å². The van der Waals surface area contributed by atoms with Crippen LogP contribution in [0.5, 0.6) is 5.75 Å². The lowest BCUT2D eigenvalue weighted by Crippen LogP contribution is -2.39. The molecular weight excluding hydrogens is 276 g/mol. The van der Waals surface area contributed by atoms with E-state index in [1.54, 1.807) is 19.1 Å². The molecule has 2 rings (SSSR count). The van der Waals surface area contributed by atoms with Gasteiger partial charge < -0.3 is 14.5 Å². The minimum atomic E-state index is -0.608. The summed E-state index contributed by atoms with van der Waals surface area (Å²) in [6, 6.07) is 5.71. The lowest BCUT2D eigenvalue weighted by Gasteiger charge is -2.07. The molecule has 0 aliphatic carbocycles. The molecule has 0 spiro atoms. The van der Waals surface area contributed by atoms with Crippen LogP contribution >= 0.6 is 0 Å². The van der Waals surface area contributed by atoms with Crippen LogP contribution in [0.4, 0.5) is 4.79 Å². The minimum Gasteiger partial charge on any atom is -0.484 e. The number of urea groups is 1. The van der Waals surface area contributed by atoms with Gasteiger partial charge in [-0.15, -0.1) is 0 Å². The van der Waals surface area contributed by atoms with Crippen LogP contribution in [0, 0.1) is 6.92 Å². The van der Waals surface area contributed by atoms with E-state index in [0.717, 1.165) is 10.9 Å². The Bertz CT molecular complexity index is 751. The van der Waals surface area contributed by atoms with Crippen molar-refractivity contribution in [1.29, 1.82) is 0 Å². The fraction of sp³-hybridized carbons (Fsp3) is 0.214. The first-order valence-corrected chi connectivity index (χ1v) is 6.18. The monoisotopic (exact) mass is 290 g/mol. The van der Waals surface area contributed by atoms with Crippen LogP contribution in [0.1, 0.15) is 5.56 Å². The highest BCUT2D eigenvalue weighted by atomic mass is 16.5. The molecule has 7 heteroatoms. The Morgan fingerprint density at radius 2 is 2.05 bits per heavy atom. The molecule has 2 N–H and O–H groups in total. The number of benzene rings is 1. The molecule has 0 bridgehead atoms. The summed E-state index contributed by atoms with van der Waals surface area (Å²) in [4.78, 5) is 33.6. The molecule has 110 valence electrons. The highest BCUT2D eigenvalue weighted by molar-refractivity contribution is 5.94. The minimum absolute atomic E-state index is 0.324. The summed E-state index contributed by atoms with van der Waals surface area (Å²) in [5.41, 5.74) is 0.726. The normalized spacial score (nSPS) is 10.2. The molecule has 0 radical (unpaired) electrons. The number of nitrogens with one attached hydrogen (secondary N) is 2. The van der Waals surface area contributed by atoms with Gasteiger partial charge in [0.05, 0.1) is 0 Å². The molecule has 21 heavy (non-hydrogen) atoms. The zero-order valence-electron chi connectivity index (χ0n) is 11.6. The molecular formula is C14H14N2O5. The van der Waals surface area contributed by atoms with E-state index in [9.17, 15) is 14.4 Å². The second kappa shape index (κ2) is 6.08. The summed E-state index contributed by atoms with van der Waals surface area (Å²) in [5, 5.41) is 5.11. The standard InChI is InChI=1S/C14H14N2O5/c1-8-5-13(18)21-11-6-9(3-4-10(8)11)20-7-12(17)16-14(19)15-2/h3-6H,7H2,1-2H3,(H2,15,16,17,19). The third-order valence-electron chi connectivity index (χ3n) is 2.77. The summed E-state index contributed by atoms with van der Waals surface area (Å²) in [6.07, 6.45) is 0. The Morgan fingerprint density at radius 1 is 1.29 bits per heavy atom. The van der Waals surface area contributed by atoms with Gasteiger partial charge in [-0.2, -0.15) is 0 Å². The van der Waals surface area contributed by atoms with Crippen molar-refractivity contribution in [3.8, 4) is 5.75 Å². The van der Waals surface area contributed by atoms with Crippen LogP contribution in [-0.2, 0) is 4.79 Å². The predicted octanol–water partition coefficient (Wildman–Crippen LogP) is 0.936. The van der Waals surface area contributed by atoms with Crippen molar-refractivity contribution >= 4 is 22.9 Å². The SMILES string of the molecule is CNC(=O)NC(=O)COc1ccc2c(C)cc(=O)oc2c1. The van der Waals surface area contributed by atoms with E-state index < -0.39 is 17.6 Å². The molecule has 0 aliphatic heterocycles. The smallest absolute Gasteiger partial charge is 0.336 e. The van der Waals surface area contributed by atoms with Crippen molar-refractivity contribution in [1.82, 2.24) is 10.6 Å². The summed E-state index contributed by atoms with van der Waals surface area (Å²) < 4.78 is 10.3. The third-order valence-corrected chi connectivity index (χ3v) is 2.77. The van der Waals surface area contributed by atoms with Crippen molar-refractivity contribution in [2.24, 2.45) is 0 Å². The Balaban J connectivity index is 2.11. The summed E-state index contributed by atoms with van der Waals surface area (Å²) >= 11 is 0. The topological polar surface area (TPSA) is 97.6 Å². The van der Waals surface area contributed by atoms with Gasteiger partial charge in [-0.1, -0.05) is 0 Å². The molecule has 7 nitrogen and oxygen atoms in total. The van der Waals surface area contributed by atoms with Crippen LogP contribution in [0.2, 0.25) is 0 Å². The van der Waals surface area contributed by atoms with Crippen LogP contribution in [0.25, 0.3) is 11.0 Å². The maximum Gasteiger partial charge on any atom is 0.336 e. The molecule has 3 amide bonds. The number of imide groups is 1. The van der Waals surface area contributed by atoms with Crippen molar-refractivity contribution in [3.05, 3.63) is 40.2 Å². The maximum absolute atomic E-state index is 11.4. The molecule has 1 aromatic heterocycles. The first-order chi connectivity index (χ1) is 9.99. The number of hydrogen-bond donors (Lipinski definition) is 2. The fourth-order valence-electron chi connectivity index (χ4n) is 1.77. The number of ether oxygens (including phenoxy) is 1. The predicted molar refractivity (Wildman–Crippen MR) is 75.3 cm³/mol. The number of fused-ring (bicyclic) bond motifs is 1. The number of aryl methyl sites for hydroxylation is 1. The van der Waals surface area contributed by atoms with E-state index in [-0.39, 0.29) is 6.61 Å². The van der Waals surface area contributed by atoms with Crippen molar-refractivity contribution < 1.29 is 18.7 Å². The van der Waals surface area contributed by atoms with Crippen molar-refractivity contribution in [3.63, 3.8) is 0 Å². The number of hydrogen-bond acceptors (Lipinski definition) is 5. The van der Waals surface area contributed by atoms with E-state index in [1.165, 1.54) is 19.2 Å². The summed E-state index contributed by atoms with van der Waals surface area (Å²) in [7, 11) is 1.40. The number of carbonyl (C=O) groups excluding carboxylic acids is 2. The molecule has 0 aliphatic rings. The van der Waals surface area contributed by atoms with E-state index >= 15 is 0 Å². The van der Waals surface area contributed by atoms with E-state index in [0.29, 0.717) is 11.3 Å². The quantitative estimate of drug-likeness (QED) is 0.820. The second-order valence-electron chi connectivity index (χ2n) is 4.32. The lowest BCUT2D eigenvalue weighted by atomic mass is 10.1. The van der Waals surface area contributed by atoms with Gasteiger partial charge in [0.2, 0.25) is 0 Å². The van der Waals surface area contributed by atoms with Crippen LogP contribution < -0.4 is 21.0 Å². The zero-order valence-corrected chi connectivity index (χ0v) is 11.6. The molecule has 1 heterocycles. The van der Waals surface area contributed by atoms with Crippen molar-refractivity contribution in [2.45, 2.75) is 6.92 Å². The maximum atomic E-state index is 11.4. The zero-order chi connectivity index (χ0) is 15.4. The number of rotatable bonds is 3. The van der Waals surface area contributed by atoms with Crippen LogP contribution in [0.3, 0.4) is 0 Å². The second-order valence-corrected chi connectivity index (χ2v) is 4.32. The summed E-state index contributed by atoms with van der Waals surface area (Å²) in [6.45, 7) is 1.48. The first kappa shape index (κ1) is 14.6. The number of amides is 3. The highest BCUT2D eigenvalue weighted by Gasteiger charge is 2.08. The molecule has 0 fully saturated rings. The molecule has 0 unspecified atom stereocenters. The van der Waals surface area contributed by atoms with Gasteiger partial charge in [-0.3, -0.25) is 10.1 Å². The fourth-order valence-corrected chi connectivity index (χ4v) is 1.77. The summed E-state index contributed by atoms with van der Waals surface area (Å²) in [5.74, 6) is -0.219. The largest absolute Gasteiger partial charge is 0.484 e. The van der Waals surface area contributed by atoms with Gasteiger partial charge in [-0.25, -0.2) is 9.59 Å². The Morgan fingerprint density at radius 3 is 2.76 bits per heavy atom. The number of carbonyl (C=O) groups is 2. The molecule has 0 atom stereocenters. The Kier molecular flexibility index (Phi) is 4.22. The van der Waals surface area contributed by atoms with Gasteiger partial charge in [0.1, 0.15) is 11.3 Å². The molecule has 0 saturated heterocycles. The van der Waals surface area contributed by atoms with Gasteiger partial charge in [-0.05, 0) is 24.6 Å². The van der Waals surface area contributed by atoms with E-state index in [1.807, 2.05) is 0 Å². The highest BCUT2D eigenvalue weighted by Crippen LogP contribution is 2.22. The molecule has 2 aromatic rings.